The molecule has 21 heavy (non-hydrogen) atoms. The highest BCUT2D eigenvalue weighted by molar-refractivity contribution is 5.78. The van der Waals surface area contributed by atoms with Gasteiger partial charge in [-0.15, -0.1) is 0 Å². The Bertz CT molecular complexity index is 485. The number of hydrogen-bond acceptors (Lipinski definition) is 4. The minimum absolute atomic E-state index is 0.520. The molecule has 2 N–H and O–H groups in total. The Morgan fingerprint density at radius 3 is 2.76 bits per heavy atom. The quantitative estimate of drug-likeness (QED) is 0.653. The van der Waals surface area contributed by atoms with Crippen LogP contribution in [0.5, 0.6) is 11.5 Å². The number of guanidine groups is 1. The first-order valence-corrected chi connectivity index (χ1v) is 7.17. The third-order valence-corrected chi connectivity index (χ3v) is 3.29. The van der Waals surface area contributed by atoms with Crippen molar-refractivity contribution in [1.82, 2.24) is 4.90 Å². The van der Waals surface area contributed by atoms with Crippen LogP contribution in [-0.2, 0) is 11.3 Å². The molecule has 0 saturated carbocycles. The lowest BCUT2D eigenvalue weighted by molar-refractivity contribution is 0.0674. The van der Waals surface area contributed by atoms with Crippen molar-refractivity contribution in [3.05, 3.63) is 23.8 Å². The average molecular weight is 293 g/mol. The third kappa shape index (κ3) is 4.26. The van der Waals surface area contributed by atoms with Crippen LogP contribution in [0.4, 0.5) is 0 Å². The maximum Gasteiger partial charge on any atom is 0.191 e. The van der Waals surface area contributed by atoms with Crippen molar-refractivity contribution in [3.63, 3.8) is 0 Å². The molecule has 0 amide bonds. The molecule has 6 nitrogen and oxygen atoms in total. The van der Waals surface area contributed by atoms with Crippen LogP contribution >= 0.6 is 0 Å². The van der Waals surface area contributed by atoms with E-state index in [1.54, 1.807) is 7.11 Å². The second-order valence-corrected chi connectivity index (χ2v) is 4.69. The highest BCUT2D eigenvalue weighted by Gasteiger charge is 2.12. The fourth-order valence-corrected chi connectivity index (χ4v) is 2.15. The topological polar surface area (TPSA) is 69.3 Å². The molecule has 1 saturated heterocycles. The summed E-state index contributed by atoms with van der Waals surface area (Å²) in [6, 6.07) is 5.81. The van der Waals surface area contributed by atoms with Crippen molar-refractivity contribution in [1.29, 1.82) is 0 Å². The zero-order valence-electron chi connectivity index (χ0n) is 12.7. The van der Waals surface area contributed by atoms with E-state index in [1.165, 1.54) is 0 Å². The summed E-state index contributed by atoms with van der Waals surface area (Å²) in [4.78, 5) is 6.47. The van der Waals surface area contributed by atoms with Gasteiger partial charge in [0.1, 0.15) is 0 Å². The van der Waals surface area contributed by atoms with E-state index < -0.39 is 0 Å². The first kappa shape index (κ1) is 15.4. The van der Waals surface area contributed by atoms with Gasteiger partial charge in [-0.1, -0.05) is 6.07 Å². The number of methoxy groups -OCH3 is 1. The summed E-state index contributed by atoms with van der Waals surface area (Å²) in [6.07, 6.45) is 0. The van der Waals surface area contributed by atoms with Crippen LogP contribution in [-0.4, -0.2) is 50.9 Å². The fourth-order valence-electron chi connectivity index (χ4n) is 2.15. The van der Waals surface area contributed by atoms with Crippen molar-refractivity contribution in [3.8, 4) is 11.5 Å². The lowest BCUT2D eigenvalue weighted by atomic mass is 10.2. The van der Waals surface area contributed by atoms with Crippen molar-refractivity contribution in [2.45, 2.75) is 13.5 Å². The first-order chi connectivity index (χ1) is 10.2. The Labute approximate surface area is 125 Å². The number of nitrogens with zero attached hydrogens (tertiary/aromatic N) is 2. The van der Waals surface area contributed by atoms with Gasteiger partial charge in [0.25, 0.3) is 0 Å². The zero-order chi connectivity index (χ0) is 15.1. The van der Waals surface area contributed by atoms with Gasteiger partial charge in [0.15, 0.2) is 17.5 Å². The van der Waals surface area contributed by atoms with Gasteiger partial charge < -0.3 is 24.8 Å². The Balaban J connectivity index is 2.01. The molecule has 1 aliphatic rings. The van der Waals surface area contributed by atoms with Crippen molar-refractivity contribution in [2.24, 2.45) is 10.7 Å². The van der Waals surface area contributed by atoms with Crippen LogP contribution in [0.1, 0.15) is 12.5 Å². The minimum Gasteiger partial charge on any atom is -0.493 e. The standard InChI is InChI=1S/C15H23N3O3/c1-3-21-13-5-4-12(10-14(13)19-2)11-17-15(16)18-6-8-20-9-7-18/h4-5,10H,3,6-9,11H2,1-2H3,(H2,16,17). The molecular weight excluding hydrogens is 270 g/mol. The molecule has 0 aromatic heterocycles. The van der Waals surface area contributed by atoms with Gasteiger partial charge in [-0.2, -0.15) is 0 Å². The Morgan fingerprint density at radius 1 is 1.33 bits per heavy atom. The summed E-state index contributed by atoms with van der Waals surface area (Å²) in [5, 5.41) is 0. The molecule has 0 spiro atoms. The largest absolute Gasteiger partial charge is 0.493 e. The number of morpholine rings is 1. The van der Waals surface area contributed by atoms with Gasteiger partial charge in [-0.05, 0) is 24.6 Å². The molecule has 0 aliphatic carbocycles. The van der Waals surface area contributed by atoms with E-state index in [1.807, 2.05) is 30.0 Å². The summed E-state index contributed by atoms with van der Waals surface area (Å²) in [5.41, 5.74) is 7.04. The SMILES string of the molecule is CCOc1ccc(CN=C(N)N2CCOCC2)cc1OC. The Hall–Kier alpha value is -1.95. The lowest BCUT2D eigenvalue weighted by Crippen LogP contribution is -2.44. The molecule has 1 heterocycles. The maximum absolute atomic E-state index is 6.01. The van der Waals surface area contributed by atoms with Crippen LogP contribution in [0, 0.1) is 0 Å². The summed E-state index contributed by atoms with van der Waals surface area (Å²) in [5.74, 6) is 2.02. The molecule has 1 aliphatic heterocycles. The van der Waals surface area contributed by atoms with E-state index in [0.29, 0.717) is 32.3 Å². The van der Waals surface area contributed by atoms with Gasteiger partial charge in [0.05, 0.1) is 33.5 Å². The predicted molar refractivity (Wildman–Crippen MR) is 81.9 cm³/mol. The highest BCUT2D eigenvalue weighted by atomic mass is 16.5. The number of ether oxygens (including phenoxy) is 3. The van der Waals surface area contributed by atoms with E-state index >= 15 is 0 Å². The molecule has 1 aromatic carbocycles. The van der Waals surface area contributed by atoms with E-state index in [-0.39, 0.29) is 0 Å². The molecule has 0 atom stereocenters. The average Bonchev–Trinajstić information content (AvgIpc) is 2.54. The van der Waals surface area contributed by atoms with E-state index in [9.17, 15) is 0 Å². The number of nitrogens with two attached hydrogens (primary N) is 1. The summed E-state index contributed by atoms with van der Waals surface area (Å²) >= 11 is 0. The second kappa shape index (κ2) is 7.73. The van der Waals surface area contributed by atoms with Crippen molar-refractivity contribution in [2.75, 3.05) is 40.0 Å². The van der Waals surface area contributed by atoms with E-state index in [2.05, 4.69) is 4.99 Å². The molecule has 116 valence electrons. The van der Waals surface area contributed by atoms with Crippen LogP contribution in [0.2, 0.25) is 0 Å². The fraction of sp³-hybridized carbons (Fsp3) is 0.533. The molecular formula is C15H23N3O3. The monoisotopic (exact) mass is 293 g/mol. The lowest BCUT2D eigenvalue weighted by Gasteiger charge is -2.27. The molecule has 6 heteroatoms. The molecule has 0 unspecified atom stereocenters. The summed E-state index contributed by atoms with van der Waals surface area (Å²) in [6.45, 7) is 6.06. The molecule has 0 bridgehead atoms. The number of benzene rings is 1. The minimum atomic E-state index is 0.520. The summed E-state index contributed by atoms with van der Waals surface area (Å²) in [7, 11) is 1.63. The van der Waals surface area contributed by atoms with Gasteiger partial charge >= 0.3 is 0 Å². The van der Waals surface area contributed by atoms with Crippen LogP contribution in [0.3, 0.4) is 0 Å². The maximum atomic E-state index is 6.01. The predicted octanol–water partition coefficient (Wildman–Crippen LogP) is 1.24. The number of aliphatic imine (C=N–C) groups is 1. The zero-order valence-corrected chi connectivity index (χ0v) is 12.7. The normalized spacial score (nSPS) is 15.9. The molecule has 1 aromatic rings. The van der Waals surface area contributed by atoms with Crippen molar-refractivity contribution >= 4 is 5.96 Å². The highest BCUT2D eigenvalue weighted by Crippen LogP contribution is 2.28. The molecule has 0 radical (unpaired) electrons. The number of hydrogen-bond donors (Lipinski definition) is 1. The Morgan fingerprint density at radius 2 is 2.10 bits per heavy atom. The third-order valence-electron chi connectivity index (χ3n) is 3.29. The molecule has 2 rings (SSSR count). The summed E-state index contributed by atoms with van der Waals surface area (Å²) < 4.78 is 16.1. The van der Waals surface area contributed by atoms with E-state index in [4.69, 9.17) is 19.9 Å². The second-order valence-electron chi connectivity index (χ2n) is 4.69. The van der Waals surface area contributed by atoms with Crippen molar-refractivity contribution < 1.29 is 14.2 Å². The van der Waals surface area contributed by atoms with Crippen LogP contribution in [0.25, 0.3) is 0 Å². The van der Waals surface area contributed by atoms with Gasteiger partial charge in [0.2, 0.25) is 0 Å². The number of rotatable bonds is 5. The smallest absolute Gasteiger partial charge is 0.191 e. The van der Waals surface area contributed by atoms with Crippen LogP contribution in [0.15, 0.2) is 23.2 Å². The van der Waals surface area contributed by atoms with Gasteiger partial charge in [-0.3, -0.25) is 0 Å². The van der Waals surface area contributed by atoms with Crippen LogP contribution < -0.4 is 15.2 Å². The molecule has 1 fully saturated rings. The van der Waals surface area contributed by atoms with Gasteiger partial charge in [-0.25, -0.2) is 4.99 Å². The first-order valence-electron chi connectivity index (χ1n) is 7.17. The Kier molecular flexibility index (Phi) is 5.68. The van der Waals surface area contributed by atoms with Gasteiger partial charge in [0, 0.05) is 13.1 Å². The van der Waals surface area contributed by atoms with E-state index in [0.717, 1.165) is 30.2 Å².